The third-order valence-corrected chi connectivity index (χ3v) is 3.55. The largest absolute Gasteiger partial charge is 0.475 e. The van der Waals surface area contributed by atoms with Gasteiger partial charge in [0.2, 0.25) is 5.91 Å². The highest BCUT2D eigenvalue weighted by molar-refractivity contribution is 5.80. The molecule has 8 heteroatoms. The molecule has 1 fully saturated rings. The van der Waals surface area contributed by atoms with Crippen molar-refractivity contribution >= 4 is 11.6 Å². The van der Waals surface area contributed by atoms with Crippen LogP contribution in [0.15, 0.2) is 6.20 Å². The predicted molar refractivity (Wildman–Crippen MR) is 70.5 cm³/mol. The van der Waals surface area contributed by atoms with Gasteiger partial charge in [-0.15, -0.1) is 5.10 Å². The van der Waals surface area contributed by atoms with Crippen LogP contribution in [-0.2, 0) is 4.79 Å². The maximum absolute atomic E-state index is 12.1. The molecule has 0 radical (unpaired) electrons. The summed E-state index contributed by atoms with van der Waals surface area (Å²) in [4.78, 5) is 22.4. The van der Waals surface area contributed by atoms with Gasteiger partial charge in [-0.05, 0) is 19.8 Å². The molecule has 110 valence electrons. The van der Waals surface area contributed by atoms with Gasteiger partial charge in [0.1, 0.15) is 12.2 Å². The lowest BCUT2D eigenvalue weighted by atomic mass is 10.2. The minimum atomic E-state index is -0.613. The molecule has 1 aromatic rings. The van der Waals surface area contributed by atoms with Gasteiger partial charge < -0.3 is 10.1 Å². The lowest BCUT2D eigenvalue weighted by Crippen LogP contribution is -2.37. The number of ether oxygens (including phenoxy) is 1. The molecule has 1 aliphatic rings. The first-order valence-corrected chi connectivity index (χ1v) is 6.61. The number of carbonyl (C=O) groups is 1. The van der Waals surface area contributed by atoms with E-state index in [9.17, 15) is 14.9 Å². The minimum Gasteiger partial charge on any atom is -0.475 e. The first-order chi connectivity index (χ1) is 9.52. The molecule has 1 unspecified atom stereocenters. The molecule has 20 heavy (non-hydrogen) atoms. The summed E-state index contributed by atoms with van der Waals surface area (Å²) in [6, 6.07) is -0.407. The van der Waals surface area contributed by atoms with E-state index in [0.717, 1.165) is 25.7 Å². The van der Waals surface area contributed by atoms with Crippen LogP contribution in [0.5, 0.6) is 5.88 Å². The molecule has 0 saturated heterocycles. The molecule has 1 aromatic heterocycles. The quantitative estimate of drug-likeness (QED) is 0.650. The van der Waals surface area contributed by atoms with Gasteiger partial charge in [-0.25, -0.2) is 4.68 Å². The number of nitrogens with zero attached hydrogens (tertiary/aromatic N) is 3. The van der Waals surface area contributed by atoms with Crippen molar-refractivity contribution in [2.24, 2.45) is 0 Å². The Morgan fingerprint density at radius 3 is 2.75 bits per heavy atom. The van der Waals surface area contributed by atoms with Crippen LogP contribution in [0.2, 0.25) is 0 Å². The molecule has 1 aliphatic carbocycles. The highest BCUT2D eigenvalue weighted by Crippen LogP contribution is 2.26. The standard InChI is InChI=1S/C12H18N4O4/c1-8(11(17)13-9-5-3-4-6-9)15-7-10(16(18)19)12(14-15)20-2/h7-9H,3-6H2,1-2H3,(H,13,17). The van der Waals surface area contributed by atoms with Gasteiger partial charge in [0.05, 0.1) is 12.0 Å². The Labute approximate surface area is 116 Å². The fourth-order valence-electron chi connectivity index (χ4n) is 2.35. The van der Waals surface area contributed by atoms with Crippen LogP contribution in [0.1, 0.15) is 38.6 Å². The fourth-order valence-corrected chi connectivity index (χ4v) is 2.35. The van der Waals surface area contributed by atoms with Gasteiger partial charge in [0, 0.05) is 6.04 Å². The Morgan fingerprint density at radius 1 is 1.60 bits per heavy atom. The van der Waals surface area contributed by atoms with Crippen molar-refractivity contribution in [1.82, 2.24) is 15.1 Å². The summed E-state index contributed by atoms with van der Waals surface area (Å²) >= 11 is 0. The Morgan fingerprint density at radius 2 is 2.25 bits per heavy atom. The van der Waals surface area contributed by atoms with Crippen molar-refractivity contribution in [2.45, 2.75) is 44.7 Å². The maximum atomic E-state index is 12.1. The molecule has 0 bridgehead atoms. The number of amides is 1. The maximum Gasteiger partial charge on any atom is 0.350 e. The Balaban J connectivity index is 2.09. The molecule has 8 nitrogen and oxygen atoms in total. The van der Waals surface area contributed by atoms with E-state index >= 15 is 0 Å². The monoisotopic (exact) mass is 282 g/mol. The second kappa shape index (κ2) is 5.89. The van der Waals surface area contributed by atoms with Crippen LogP contribution in [0.3, 0.4) is 0 Å². The van der Waals surface area contributed by atoms with Crippen LogP contribution in [-0.4, -0.2) is 33.8 Å². The zero-order valence-electron chi connectivity index (χ0n) is 11.5. The number of rotatable bonds is 5. The molecule has 1 N–H and O–H groups in total. The van der Waals surface area contributed by atoms with E-state index < -0.39 is 11.0 Å². The van der Waals surface area contributed by atoms with E-state index in [1.165, 1.54) is 18.0 Å². The zero-order valence-corrected chi connectivity index (χ0v) is 11.5. The molecule has 2 rings (SSSR count). The number of hydrogen-bond donors (Lipinski definition) is 1. The van der Waals surface area contributed by atoms with Crippen LogP contribution in [0, 0.1) is 10.1 Å². The van der Waals surface area contributed by atoms with Crippen LogP contribution in [0.4, 0.5) is 5.69 Å². The first-order valence-electron chi connectivity index (χ1n) is 6.61. The lowest BCUT2D eigenvalue weighted by Gasteiger charge is -2.16. The number of hydrogen-bond acceptors (Lipinski definition) is 5. The highest BCUT2D eigenvalue weighted by Gasteiger charge is 2.26. The summed E-state index contributed by atoms with van der Waals surface area (Å²) in [6.07, 6.45) is 5.45. The third kappa shape index (κ3) is 2.89. The Bertz CT molecular complexity index is 508. The van der Waals surface area contributed by atoms with Crippen molar-refractivity contribution in [3.05, 3.63) is 16.3 Å². The fraction of sp³-hybridized carbons (Fsp3) is 0.667. The normalized spacial score (nSPS) is 16.9. The third-order valence-electron chi connectivity index (χ3n) is 3.55. The second-order valence-electron chi connectivity index (χ2n) is 4.93. The molecule has 1 amide bonds. The van der Waals surface area contributed by atoms with E-state index in [2.05, 4.69) is 10.4 Å². The molecule has 0 aromatic carbocycles. The first kappa shape index (κ1) is 14.3. The number of aromatic nitrogens is 2. The van der Waals surface area contributed by atoms with E-state index in [0.29, 0.717) is 0 Å². The highest BCUT2D eigenvalue weighted by atomic mass is 16.6. The van der Waals surface area contributed by atoms with Gasteiger partial charge >= 0.3 is 11.6 Å². The van der Waals surface area contributed by atoms with Gasteiger partial charge in [0.15, 0.2) is 0 Å². The molecule has 1 saturated carbocycles. The van der Waals surface area contributed by atoms with Crippen LogP contribution in [0.25, 0.3) is 0 Å². The summed E-state index contributed by atoms with van der Waals surface area (Å²) in [5.41, 5.74) is -0.243. The van der Waals surface area contributed by atoms with Gasteiger partial charge in [-0.1, -0.05) is 12.8 Å². The molecule has 0 spiro atoms. The van der Waals surface area contributed by atoms with Gasteiger partial charge in [0.25, 0.3) is 0 Å². The SMILES string of the molecule is COc1nn(C(C)C(=O)NC2CCCC2)cc1[N+](=O)[O-]. The van der Waals surface area contributed by atoms with Crippen molar-refractivity contribution in [2.75, 3.05) is 7.11 Å². The average molecular weight is 282 g/mol. The summed E-state index contributed by atoms with van der Waals surface area (Å²) in [5, 5.41) is 17.7. The summed E-state index contributed by atoms with van der Waals surface area (Å²) in [7, 11) is 1.31. The smallest absolute Gasteiger partial charge is 0.350 e. The van der Waals surface area contributed by atoms with Crippen LogP contribution >= 0.6 is 0 Å². The molecule has 1 atom stereocenters. The van der Waals surface area contributed by atoms with E-state index in [-0.39, 0.29) is 23.5 Å². The van der Waals surface area contributed by atoms with Gasteiger partial charge in [-0.3, -0.25) is 14.9 Å². The number of carbonyl (C=O) groups excluding carboxylic acids is 1. The number of nitrogens with one attached hydrogen (secondary N) is 1. The summed E-state index contributed by atoms with van der Waals surface area (Å²) < 4.78 is 6.11. The van der Waals surface area contributed by atoms with E-state index in [1.807, 2.05) is 0 Å². The second-order valence-corrected chi connectivity index (χ2v) is 4.93. The van der Waals surface area contributed by atoms with Crippen LogP contribution < -0.4 is 10.1 Å². The topological polar surface area (TPSA) is 99.3 Å². The van der Waals surface area contributed by atoms with Crippen molar-refractivity contribution in [3.8, 4) is 5.88 Å². The van der Waals surface area contributed by atoms with Crippen molar-refractivity contribution in [1.29, 1.82) is 0 Å². The molecular weight excluding hydrogens is 264 g/mol. The predicted octanol–water partition coefficient (Wildman–Crippen LogP) is 1.42. The summed E-state index contributed by atoms with van der Waals surface area (Å²) in [6.45, 7) is 1.65. The zero-order chi connectivity index (χ0) is 14.7. The number of methoxy groups -OCH3 is 1. The number of nitro groups is 1. The Kier molecular flexibility index (Phi) is 4.21. The van der Waals surface area contributed by atoms with Crippen molar-refractivity contribution < 1.29 is 14.5 Å². The van der Waals surface area contributed by atoms with Crippen molar-refractivity contribution in [3.63, 3.8) is 0 Å². The van der Waals surface area contributed by atoms with Gasteiger partial charge in [-0.2, -0.15) is 0 Å². The molecule has 0 aliphatic heterocycles. The Hall–Kier alpha value is -2.12. The van der Waals surface area contributed by atoms with E-state index in [1.54, 1.807) is 6.92 Å². The molecule has 1 heterocycles. The lowest BCUT2D eigenvalue weighted by molar-refractivity contribution is -0.385. The molecular formula is C12H18N4O4. The summed E-state index contributed by atoms with van der Waals surface area (Å²) in [5.74, 6) is -0.271. The minimum absolute atomic E-state index is 0.0875. The average Bonchev–Trinajstić information content (AvgIpc) is 3.05. The van der Waals surface area contributed by atoms with E-state index in [4.69, 9.17) is 4.74 Å².